The van der Waals surface area contributed by atoms with Gasteiger partial charge in [0, 0.05) is 24.3 Å². The molecule has 1 aromatic rings. The highest BCUT2D eigenvalue weighted by Gasteiger charge is 2.35. The van der Waals surface area contributed by atoms with Crippen molar-refractivity contribution in [3.63, 3.8) is 0 Å². The van der Waals surface area contributed by atoms with Crippen LogP contribution >= 0.6 is 0 Å². The number of carbonyl (C=O) groups is 1. The summed E-state index contributed by atoms with van der Waals surface area (Å²) < 4.78 is 0. The molecule has 0 aromatic heterocycles. The maximum absolute atomic E-state index is 12.4. The molecule has 3 heteroatoms. The van der Waals surface area contributed by atoms with E-state index in [1.807, 2.05) is 23.1 Å². The Hall–Kier alpha value is -1.51. The number of rotatable bonds is 2. The summed E-state index contributed by atoms with van der Waals surface area (Å²) in [6.07, 6.45) is 5.18. The summed E-state index contributed by atoms with van der Waals surface area (Å²) in [5.74, 6) is 1.78. The Bertz CT molecular complexity index is 454. The van der Waals surface area contributed by atoms with E-state index in [0.29, 0.717) is 5.69 Å². The molecule has 1 aliphatic carbocycles. The Labute approximate surface area is 108 Å². The summed E-state index contributed by atoms with van der Waals surface area (Å²) in [7, 11) is 0. The highest BCUT2D eigenvalue weighted by Crippen LogP contribution is 2.41. The highest BCUT2D eigenvalue weighted by atomic mass is 16.2. The zero-order valence-corrected chi connectivity index (χ0v) is 10.6. The van der Waals surface area contributed by atoms with Crippen molar-refractivity contribution < 1.29 is 4.79 Å². The van der Waals surface area contributed by atoms with Crippen molar-refractivity contribution in [2.45, 2.75) is 25.7 Å². The summed E-state index contributed by atoms with van der Waals surface area (Å²) in [5, 5.41) is 0. The van der Waals surface area contributed by atoms with Gasteiger partial charge in [0.2, 0.25) is 0 Å². The van der Waals surface area contributed by atoms with Crippen LogP contribution in [-0.2, 0) is 0 Å². The number of nitrogens with two attached hydrogens (primary N) is 1. The molecule has 1 saturated heterocycles. The Morgan fingerprint density at radius 3 is 2.78 bits per heavy atom. The Balaban J connectivity index is 1.71. The van der Waals surface area contributed by atoms with Gasteiger partial charge < -0.3 is 10.6 Å². The minimum absolute atomic E-state index is 0.146. The van der Waals surface area contributed by atoms with E-state index in [1.165, 1.54) is 19.3 Å². The number of benzene rings is 1. The van der Waals surface area contributed by atoms with Crippen molar-refractivity contribution in [2.24, 2.45) is 11.8 Å². The molecule has 0 radical (unpaired) electrons. The lowest BCUT2D eigenvalue weighted by Crippen LogP contribution is -2.40. The highest BCUT2D eigenvalue weighted by molar-refractivity contribution is 5.95. The van der Waals surface area contributed by atoms with Crippen molar-refractivity contribution in [2.75, 3.05) is 18.8 Å². The van der Waals surface area contributed by atoms with Gasteiger partial charge >= 0.3 is 0 Å². The molecule has 0 bridgehead atoms. The Kier molecular flexibility index (Phi) is 2.98. The maximum Gasteiger partial charge on any atom is 0.253 e. The number of amides is 1. The molecule has 2 N–H and O–H groups in total. The summed E-state index contributed by atoms with van der Waals surface area (Å²) >= 11 is 0. The van der Waals surface area contributed by atoms with Gasteiger partial charge in [-0.15, -0.1) is 0 Å². The molecule has 1 aliphatic heterocycles. The van der Waals surface area contributed by atoms with Gasteiger partial charge in [-0.3, -0.25) is 4.79 Å². The number of hydrogen-bond acceptors (Lipinski definition) is 2. The van der Waals surface area contributed by atoms with Crippen LogP contribution in [0.3, 0.4) is 0 Å². The molecular weight excluding hydrogens is 224 g/mol. The van der Waals surface area contributed by atoms with Crippen LogP contribution in [0.2, 0.25) is 0 Å². The van der Waals surface area contributed by atoms with Crippen LogP contribution in [0, 0.1) is 11.8 Å². The number of nitrogens with zero attached hydrogens (tertiary/aromatic N) is 1. The van der Waals surface area contributed by atoms with Crippen molar-refractivity contribution >= 4 is 11.6 Å². The first-order valence-corrected chi connectivity index (χ1v) is 6.89. The quantitative estimate of drug-likeness (QED) is 0.813. The predicted octanol–water partition coefficient (Wildman–Crippen LogP) is 2.53. The molecule has 1 aromatic carbocycles. The standard InChI is InChI=1S/C15H20N2O/c16-14-5-1-3-12(9-14)15(18)17-8-2-4-13(10-17)11-6-7-11/h1,3,5,9,11,13H,2,4,6-8,10,16H2. The van der Waals surface area contributed by atoms with Crippen LogP contribution in [0.15, 0.2) is 24.3 Å². The van der Waals surface area contributed by atoms with Crippen LogP contribution in [-0.4, -0.2) is 23.9 Å². The van der Waals surface area contributed by atoms with Crippen molar-refractivity contribution in [3.8, 4) is 0 Å². The van der Waals surface area contributed by atoms with Gasteiger partial charge in [0.05, 0.1) is 0 Å². The third kappa shape index (κ3) is 2.35. The maximum atomic E-state index is 12.4. The van der Waals surface area contributed by atoms with E-state index in [9.17, 15) is 4.79 Å². The Morgan fingerprint density at radius 1 is 1.22 bits per heavy atom. The fraction of sp³-hybridized carbons (Fsp3) is 0.533. The second-order valence-corrected chi connectivity index (χ2v) is 5.62. The van der Waals surface area contributed by atoms with Crippen LogP contribution in [0.4, 0.5) is 5.69 Å². The third-order valence-corrected chi connectivity index (χ3v) is 4.17. The Morgan fingerprint density at radius 2 is 2.06 bits per heavy atom. The number of nitrogen functional groups attached to an aromatic ring is 1. The lowest BCUT2D eigenvalue weighted by molar-refractivity contribution is 0.0660. The summed E-state index contributed by atoms with van der Waals surface area (Å²) in [4.78, 5) is 14.4. The van der Waals surface area contributed by atoms with Crippen LogP contribution in [0.25, 0.3) is 0 Å². The minimum Gasteiger partial charge on any atom is -0.399 e. The second-order valence-electron chi connectivity index (χ2n) is 5.62. The molecule has 0 spiro atoms. The summed E-state index contributed by atoms with van der Waals surface area (Å²) in [5.41, 5.74) is 7.13. The average Bonchev–Trinajstić information content (AvgIpc) is 3.22. The molecule has 1 atom stereocenters. The van der Waals surface area contributed by atoms with E-state index in [2.05, 4.69) is 0 Å². The fourth-order valence-electron chi connectivity index (χ4n) is 3.00. The zero-order chi connectivity index (χ0) is 12.5. The molecule has 1 heterocycles. The molecule has 2 fully saturated rings. The number of hydrogen-bond donors (Lipinski definition) is 1. The number of likely N-dealkylation sites (tertiary alicyclic amines) is 1. The normalized spacial score (nSPS) is 24.0. The molecule has 96 valence electrons. The minimum atomic E-state index is 0.146. The van der Waals surface area contributed by atoms with E-state index in [-0.39, 0.29) is 5.91 Å². The van der Waals surface area contributed by atoms with Crippen LogP contribution < -0.4 is 5.73 Å². The van der Waals surface area contributed by atoms with E-state index in [1.54, 1.807) is 6.07 Å². The lowest BCUT2D eigenvalue weighted by Gasteiger charge is -2.33. The van der Waals surface area contributed by atoms with E-state index < -0.39 is 0 Å². The number of anilines is 1. The summed E-state index contributed by atoms with van der Waals surface area (Å²) in [6.45, 7) is 1.84. The van der Waals surface area contributed by atoms with Crippen molar-refractivity contribution in [1.29, 1.82) is 0 Å². The number of carbonyl (C=O) groups excluding carboxylic acids is 1. The van der Waals surface area contributed by atoms with Gasteiger partial charge in [-0.25, -0.2) is 0 Å². The molecule has 3 nitrogen and oxygen atoms in total. The van der Waals surface area contributed by atoms with E-state index in [0.717, 1.165) is 36.9 Å². The molecular formula is C15H20N2O. The topological polar surface area (TPSA) is 46.3 Å². The second kappa shape index (κ2) is 4.63. The van der Waals surface area contributed by atoms with Crippen molar-refractivity contribution in [3.05, 3.63) is 29.8 Å². The van der Waals surface area contributed by atoms with E-state index >= 15 is 0 Å². The molecule has 2 aliphatic rings. The van der Waals surface area contributed by atoms with Gasteiger partial charge in [0.15, 0.2) is 0 Å². The molecule has 18 heavy (non-hydrogen) atoms. The van der Waals surface area contributed by atoms with Gasteiger partial charge in [-0.1, -0.05) is 6.07 Å². The first-order chi connectivity index (χ1) is 8.74. The lowest BCUT2D eigenvalue weighted by atomic mass is 9.93. The largest absolute Gasteiger partial charge is 0.399 e. The molecule has 1 saturated carbocycles. The summed E-state index contributed by atoms with van der Waals surface area (Å²) in [6, 6.07) is 7.31. The van der Waals surface area contributed by atoms with Gasteiger partial charge in [-0.05, 0) is 55.7 Å². The average molecular weight is 244 g/mol. The van der Waals surface area contributed by atoms with Crippen LogP contribution in [0.1, 0.15) is 36.0 Å². The van der Waals surface area contributed by atoms with Gasteiger partial charge in [0.25, 0.3) is 5.91 Å². The first kappa shape index (κ1) is 11.6. The third-order valence-electron chi connectivity index (χ3n) is 4.17. The van der Waals surface area contributed by atoms with Gasteiger partial charge in [0.1, 0.15) is 0 Å². The monoisotopic (exact) mass is 244 g/mol. The van der Waals surface area contributed by atoms with Crippen LogP contribution in [0.5, 0.6) is 0 Å². The number of piperidine rings is 1. The smallest absolute Gasteiger partial charge is 0.253 e. The zero-order valence-electron chi connectivity index (χ0n) is 10.6. The van der Waals surface area contributed by atoms with E-state index in [4.69, 9.17) is 5.73 Å². The van der Waals surface area contributed by atoms with Gasteiger partial charge in [-0.2, -0.15) is 0 Å². The predicted molar refractivity (Wildman–Crippen MR) is 72.2 cm³/mol. The SMILES string of the molecule is Nc1cccc(C(=O)N2CCCC(C3CC3)C2)c1. The molecule has 3 rings (SSSR count). The molecule has 1 unspecified atom stereocenters. The van der Waals surface area contributed by atoms with Crippen molar-refractivity contribution in [1.82, 2.24) is 4.90 Å². The molecule has 1 amide bonds. The first-order valence-electron chi connectivity index (χ1n) is 6.89. The fourth-order valence-corrected chi connectivity index (χ4v) is 3.00.